The lowest BCUT2D eigenvalue weighted by Crippen LogP contribution is -2.12. The smallest absolute Gasteiger partial charge is 0.203 e. The van der Waals surface area contributed by atoms with Gasteiger partial charge in [-0.1, -0.05) is 29.8 Å². The molecule has 0 saturated heterocycles. The van der Waals surface area contributed by atoms with Crippen LogP contribution >= 0.6 is 0 Å². The molecule has 0 spiro atoms. The predicted octanol–water partition coefficient (Wildman–Crippen LogP) is 4.57. The van der Waals surface area contributed by atoms with Gasteiger partial charge in [0.05, 0.1) is 27.9 Å². The van der Waals surface area contributed by atoms with E-state index in [-0.39, 0.29) is 0 Å². The van der Waals surface area contributed by atoms with Gasteiger partial charge in [0.1, 0.15) is 11.5 Å². The third-order valence-corrected chi connectivity index (χ3v) is 4.35. The third kappa shape index (κ3) is 4.44. The predicted molar refractivity (Wildman–Crippen MR) is 106 cm³/mol. The Bertz CT molecular complexity index is 859. The van der Waals surface area contributed by atoms with Crippen molar-refractivity contribution < 1.29 is 18.6 Å². The Balaban J connectivity index is 1.64. The van der Waals surface area contributed by atoms with Crippen LogP contribution in [0.15, 0.2) is 52.9 Å². The number of hydrogen-bond donors (Lipinski definition) is 1. The van der Waals surface area contributed by atoms with Gasteiger partial charge in [0.15, 0.2) is 11.5 Å². The van der Waals surface area contributed by atoms with Crippen LogP contribution in [0.5, 0.6) is 17.2 Å². The Labute approximate surface area is 159 Å². The van der Waals surface area contributed by atoms with Crippen LogP contribution in [0.2, 0.25) is 0 Å². The maximum atomic E-state index is 5.94. The molecule has 27 heavy (non-hydrogen) atoms. The first-order valence-electron chi connectivity index (χ1n) is 8.80. The minimum atomic E-state index is 0.595. The van der Waals surface area contributed by atoms with E-state index >= 15 is 0 Å². The van der Waals surface area contributed by atoms with Gasteiger partial charge in [0.25, 0.3) is 0 Å². The van der Waals surface area contributed by atoms with Crippen LogP contribution in [-0.4, -0.2) is 21.3 Å². The van der Waals surface area contributed by atoms with Crippen LogP contribution < -0.4 is 19.5 Å². The number of benzene rings is 2. The lowest BCUT2D eigenvalue weighted by Gasteiger charge is -2.14. The van der Waals surface area contributed by atoms with E-state index in [1.165, 1.54) is 5.56 Å². The van der Waals surface area contributed by atoms with Crippen LogP contribution in [0.1, 0.15) is 16.9 Å². The standard InChI is InChI=1S/C22H25NO4/c1-15-5-7-17(8-6-15)19-10-9-18(27-19)14-23-13-16-11-20(24-2)22(26-4)21(12-16)25-3/h5-12,23H,13-14H2,1-4H3. The van der Waals surface area contributed by atoms with Crippen molar-refractivity contribution in [3.8, 4) is 28.6 Å². The van der Waals surface area contributed by atoms with E-state index < -0.39 is 0 Å². The molecule has 3 aromatic rings. The molecule has 0 saturated carbocycles. The normalized spacial score (nSPS) is 10.7. The first-order valence-corrected chi connectivity index (χ1v) is 8.80. The van der Waals surface area contributed by atoms with Crippen LogP contribution in [0, 0.1) is 6.92 Å². The SMILES string of the molecule is COc1cc(CNCc2ccc(-c3ccc(C)cc3)o2)cc(OC)c1OC. The zero-order valence-corrected chi connectivity index (χ0v) is 16.2. The molecular formula is C22H25NO4. The van der Waals surface area contributed by atoms with Gasteiger partial charge in [0, 0.05) is 12.1 Å². The van der Waals surface area contributed by atoms with Crippen molar-refractivity contribution in [1.82, 2.24) is 5.32 Å². The summed E-state index contributed by atoms with van der Waals surface area (Å²) in [7, 11) is 4.83. The molecule has 0 bridgehead atoms. The first-order chi connectivity index (χ1) is 13.1. The van der Waals surface area contributed by atoms with E-state index in [4.69, 9.17) is 18.6 Å². The summed E-state index contributed by atoms with van der Waals surface area (Å²) < 4.78 is 22.1. The summed E-state index contributed by atoms with van der Waals surface area (Å²) in [4.78, 5) is 0. The first kappa shape index (κ1) is 18.9. The van der Waals surface area contributed by atoms with Crippen LogP contribution in [0.4, 0.5) is 0 Å². The number of hydrogen-bond acceptors (Lipinski definition) is 5. The average molecular weight is 367 g/mol. The monoisotopic (exact) mass is 367 g/mol. The zero-order chi connectivity index (χ0) is 19.2. The fraction of sp³-hybridized carbons (Fsp3) is 0.273. The highest BCUT2D eigenvalue weighted by Gasteiger charge is 2.13. The van der Waals surface area contributed by atoms with Crippen LogP contribution in [0.25, 0.3) is 11.3 Å². The Kier molecular flexibility index (Phi) is 6.04. The summed E-state index contributed by atoms with van der Waals surface area (Å²) >= 11 is 0. The van der Waals surface area contributed by atoms with Crippen molar-refractivity contribution in [2.75, 3.05) is 21.3 Å². The van der Waals surface area contributed by atoms with Gasteiger partial charge < -0.3 is 23.9 Å². The van der Waals surface area contributed by atoms with E-state index in [1.54, 1.807) is 21.3 Å². The highest BCUT2D eigenvalue weighted by atomic mass is 16.5. The molecule has 1 aromatic heterocycles. The fourth-order valence-electron chi connectivity index (χ4n) is 2.91. The topological polar surface area (TPSA) is 52.9 Å². The molecular weight excluding hydrogens is 342 g/mol. The van der Waals surface area contributed by atoms with E-state index in [0.717, 1.165) is 22.6 Å². The fourth-order valence-corrected chi connectivity index (χ4v) is 2.91. The molecule has 142 valence electrons. The number of aryl methyl sites for hydroxylation is 1. The lowest BCUT2D eigenvalue weighted by atomic mass is 10.1. The number of nitrogens with one attached hydrogen (secondary N) is 1. The second kappa shape index (κ2) is 8.64. The Morgan fingerprint density at radius 3 is 2.07 bits per heavy atom. The quantitative estimate of drug-likeness (QED) is 0.632. The van der Waals surface area contributed by atoms with Gasteiger partial charge in [-0.05, 0) is 36.8 Å². The summed E-state index contributed by atoms with van der Waals surface area (Å²) in [6, 6.07) is 16.2. The highest BCUT2D eigenvalue weighted by molar-refractivity contribution is 5.58. The Morgan fingerprint density at radius 2 is 1.48 bits per heavy atom. The number of furan rings is 1. The number of ether oxygens (including phenoxy) is 3. The molecule has 0 radical (unpaired) electrons. The van der Waals surface area contributed by atoms with Gasteiger partial charge in [-0.15, -0.1) is 0 Å². The van der Waals surface area contributed by atoms with Crippen molar-refractivity contribution in [1.29, 1.82) is 0 Å². The van der Waals surface area contributed by atoms with Gasteiger partial charge >= 0.3 is 0 Å². The minimum Gasteiger partial charge on any atom is -0.493 e. The van der Waals surface area contributed by atoms with Crippen LogP contribution in [-0.2, 0) is 13.1 Å². The summed E-state index contributed by atoms with van der Waals surface area (Å²) in [6.07, 6.45) is 0. The second-order valence-corrected chi connectivity index (χ2v) is 6.27. The lowest BCUT2D eigenvalue weighted by molar-refractivity contribution is 0.323. The van der Waals surface area contributed by atoms with Crippen molar-refractivity contribution in [2.24, 2.45) is 0 Å². The molecule has 0 atom stereocenters. The summed E-state index contributed by atoms with van der Waals surface area (Å²) in [5.41, 5.74) is 3.35. The largest absolute Gasteiger partial charge is 0.493 e. The molecule has 3 rings (SSSR count). The van der Waals surface area contributed by atoms with Gasteiger partial charge in [0.2, 0.25) is 5.75 Å². The summed E-state index contributed by atoms with van der Waals surface area (Å²) in [5.74, 6) is 3.65. The van der Waals surface area contributed by atoms with Crippen molar-refractivity contribution in [2.45, 2.75) is 20.0 Å². The maximum Gasteiger partial charge on any atom is 0.203 e. The molecule has 5 heteroatoms. The molecule has 0 aliphatic carbocycles. The molecule has 1 heterocycles. The molecule has 0 unspecified atom stereocenters. The third-order valence-electron chi connectivity index (χ3n) is 4.35. The van der Waals surface area contributed by atoms with Crippen LogP contribution in [0.3, 0.4) is 0 Å². The van der Waals surface area contributed by atoms with Gasteiger partial charge in [-0.25, -0.2) is 0 Å². The molecule has 0 aliphatic rings. The Morgan fingerprint density at radius 1 is 0.815 bits per heavy atom. The van der Waals surface area contributed by atoms with Crippen molar-refractivity contribution in [3.63, 3.8) is 0 Å². The molecule has 0 aliphatic heterocycles. The van der Waals surface area contributed by atoms with Crippen molar-refractivity contribution >= 4 is 0 Å². The number of rotatable bonds is 8. The summed E-state index contributed by atoms with van der Waals surface area (Å²) in [6.45, 7) is 3.35. The average Bonchev–Trinajstić information content (AvgIpc) is 3.16. The van der Waals surface area contributed by atoms with E-state index in [9.17, 15) is 0 Å². The molecule has 1 N–H and O–H groups in total. The molecule has 2 aromatic carbocycles. The molecule has 5 nitrogen and oxygen atoms in total. The zero-order valence-electron chi connectivity index (χ0n) is 16.2. The molecule has 0 amide bonds. The minimum absolute atomic E-state index is 0.595. The maximum absolute atomic E-state index is 5.94. The van der Waals surface area contributed by atoms with Gasteiger partial charge in [-0.3, -0.25) is 0 Å². The van der Waals surface area contributed by atoms with E-state index in [2.05, 4.69) is 36.5 Å². The van der Waals surface area contributed by atoms with E-state index in [0.29, 0.717) is 30.3 Å². The Hall–Kier alpha value is -2.92. The van der Waals surface area contributed by atoms with E-state index in [1.807, 2.05) is 24.3 Å². The highest BCUT2D eigenvalue weighted by Crippen LogP contribution is 2.38. The van der Waals surface area contributed by atoms with Crippen molar-refractivity contribution in [3.05, 3.63) is 65.4 Å². The summed E-state index contributed by atoms with van der Waals surface area (Å²) in [5, 5.41) is 3.39. The number of methoxy groups -OCH3 is 3. The van der Waals surface area contributed by atoms with Gasteiger partial charge in [-0.2, -0.15) is 0 Å². The second-order valence-electron chi connectivity index (χ2n) is 6.27. The molecule has 0 fully saturated rings.